The number of benzene rings is 1. The maximum atomic E-state index is 6.13. The third kappa shape index (κ3) is 2.32. The zero-order chi connectivity index (χ0) is 15.0. The molecule has 3 rings (SSSR count). The maximum absolute atomic E-state index is 6.13. The van der Waals surface area contributed by atoms with Crippen molar-refractivity contribution >= 4 is 22.8 Å². The van der Waals surface area contributed by atoms with E-state index in [0.29, 0.717) is 11.8 Å². The van der Waals surface area contributed by atoms with E-state index in [0.717, 1.165) is 28.2 Å². The Balaban J connectivity index is 2.37. The Bertz CT molecular complexity index is 790. The first-order valence-electron chi connectivity index (χ1n) is 7.11. The Kier molecular flexibility index (Phi) is 3.68. The highest BCUT2D eigenvalue weighted by Gasteiger charge is 2.17. The van der Waals surface area contributed by atoms with Crippen molar-refractivity contribution in [3.05, 3.63) is 53.5 Å². The highest BCUT2D eigenvalue weighted by Crippen LogP contribution is 2.28. The lowest BCUT2D eigenvalue weighted by atomic mass is 10.0. The predicted molar refractivity (Wildman–Crippen MR) is 87.2 cm³/mol. The number of halogens is 1. The van der Waals surface area contributed by atoms with Crippen LogP contribution in [0.4, 0.5) is 0 Å². The summed E-state index contributed by atoms with van der Waals surface area (Å²) in [7, 11) is 0. The van der Waals surface area contributed by atoms with Crippen molar-refractivity contribution in [1.29, 1.82) is 0 Å². The van der Waals surface area contributed by atoms with E-state index in [9.17, 15) is 0 Å². The van der Waals surface area contributed by atoms with E-state index in [4.69, 9.17) is 11.6 Å². The number of alkyl halides is 1. The topological polar surface area (TPSA) is 30.7 Å². The number of rotatable bonds is 3. The Morgan fingerprint density at radius 2 is 1.95 bits per heavy atom. The molecule has 3 nitrogen and oxygen atoms in total. The summed E-state index contributed by atoms with van der Waals surface area (Å²) in [5.74, 6) is 1.62. The van der Waals surface area contributed by atoms with Gasteiger partial charge in [-0.05, 0) is 36.1 Å². The van der Waals surface area contributed by atoms with Gasteiger partial charge in [0.2, 0.25) is 0 Å². The molecule has 0 aliphatic carbocycles. The molecule has 0 atom stereocenters. The number of fused-ring (bicyclic) bond motifs is 1. The van der Waals surface area contributed by atoms with Crippen LogP contribution in [-0.4, -0.2) is 14.5 Å². The lowest BCUT2D eigenvalue weighted by molar-refractivity contribution is 0.839. The standard InChI is InChI=1S/C17H18ClN3/c1-11(2)13-6-4-5-7-14(13)21-15(10-18)20-16-12(3)8-9-19-17(16)21/h4-9,11H,10H2,1-3H3. The average Bonchev–Trinajstić information content (AvgIpc) is 2.87. The fourth-order valence-electron chi connectivity index (χ4n) is 2.66. The molecular weight excluding hydrogens is 282 g/mol. The minimum atomic E-state index is 0.363. The molecule has 0 N–H and O–H groups in total. The van der Waals surface area contributed by atoms with Gasteiger partial charge in [0.25, 0.3) is 0 Å². The van der Waals surface area contributed by atoms with Gasteiger partial charge in [0.05, 0.1) is 11.6 Å². The highest BCUT2D eigenvalue weighted by atomic mass is 35.5. The van der Waals surface area contributed by atoms with E-state index >= 15 is 0 Å². The smallest absolute Gasteiger partial charge is 0.164 e. The van der Waals surface area contributed by atoms with Gasteiger partial charge in [-0.2, -0.15) is 0 Å². The van der Waals surface area contributed by atoms with E-state index < -0.39 is 0 Å². The molecule has 0 aliphatic heterocycles. The van der Waals surface area contributed by atoms with Crippen molar-refractivity contribution in [2.24, 2.45) is 0 Å². The zero-order valence-corrected chi connectivity index (χ0v) is 13.2. The largest absolute Gasteiger partial charge is 0.279 e. The van der Waals surface area contributed by atoms with Gasteiger partial charge >= 0.3 is 0 Å². The number of nitrogens with zero attached hydrogens (tertiary/aromatic N) is 3. The number of aryl methyl sites for hydroxylation is 1. The van der Waals surface area contributed by atoms with Crippen LogP contribution in [0.15, 0.2) is 36.5 Å². The number of hydrogen-bond donors (Lipinski definition) is 0. The number of aromatic nitrogens is 3. The summed E-state index contributed by atoms with van der Waals surface area (Å²) in [5, 5.41) is 0. The normalized spacial score (nSPS) is 11.5. The van der Waals surface area contributed by atoms with Gasteiger partial charge < -0.3 is 0 Å². The summed E-state index contributed by atoms with van der Waals surface area (Å²) in [6.07, 6.45) is 1.83. The maximum Gasteiger partial charge on any atom is 0.164 e. The Hall–Kier alpha value is -1.87. The quantitative estimate of drug-likeness (QED) is 0.662. The third-order valence-corrected chi connectivity index (χ3v) is 3.98. The number of para-hydroxylation sites is 1. The van der Waals surface area contributed by atoms with Crippen LogP contribution in [0.1, 0.15) is 36.7 Å². The molecular formula is C17H18ClN3. The van der Waals surface area contributed by atoms with Crippen molar-refractivity contribution in [3.63, 3.8) is 0 Å². The molecule has 4 heteroatoms. The van der Waals surface area contributed by atoms with E-state index in [2.05, 4.69) is 46.6 Å². The van der Waals surface area contributed by atoms with Crippen molar-refractivity contribution in [3.8, 4) is 5.69 Å². The summed E-state index contributed by atoms with van der Waals surface area (Å²) < 4.78 is 2.09. The first-order valence-corrected chi connectivity index (χ1v) is 7.65. The van der Waals surface area contributed by atoms with Crippen LogP contribution in [0.5, 0.6) is 0 Å². The molecule has 0 aliphatic rings. The van der Waals surface area contributed by atoms with Crippen LogP contribution in [0.3, 0.4) is 0 Å². The fourth-order valence-corrected chi connectivity index (χ4v) is 2.84. The van der Waals surface area contributed by atoms with Crippen LogP contribution in [0.25, 0.3) is 16.9 Å². The molecule has 2 heterocycles. The first-order chi connectivity index (χ1) is 10.1. The molecule has 3 aromatic rings. The van der Waals surface area contributed by atoms with Crippen LogP contribution < -0.4 is 0 Å². The Morgan fingerprint density at radius 1 is 1.19 bits per heavy atom. The van der Waals surface area contributed by atoms with E-state index in [1.165, 1.54) is 5.56 Å². The molecule has 21 heavy (non-hydrogen) atoms. The molecule has 0 saturated carbocycles. The van der Waals surface area contributed by atoms with Crippen molar-refractivity contribution in [2.45, 2.75) is 32.6 Å². The highest BCUT2D eigenvalue weighted by molar-refractivity contribution is 6.17. The van der Waals surface area contributed by atoms with Crippen LogP contribution in [0, 0.1) is 6.92 Å². The molecule has 1 aromatic carbocycles. The SMILES string of the molecule is Cc1ccnc2c1nc(CCl)n2-c1ccccc1C(C)C. The predicted octanol–water partition coefficient (Wildman–Crippen LogP) is 4.59. The Labute approximate surface area is 129 Å². The summed E-state index contributed by atoms with van der Waals surface area (Å²) in [6.45, 7) is 6.43. The van der Waals surface area contributed by atoms with Crippen LogP contribution in [0.2, 0.25) is 0 Å². The molecule has 0 amide bonds. The lowest BCUT2D eigenvalue weighted by Gasteiger charge is -2.15. The van der Waals surface area contributed by atoms with Crippen molar-refractivity contribution in [2.75, 3.05) is 0 Å². The molecule has 0 spiro atoms. The van der Waals surface area contributed by atoms with Crippen molar-refractivity contribution < 1.29 is 0 Å². The van der Waals surface area contributed by atoms with Gasteiger partial charge in [-0.3, -0.25) is 4.57 Å². The van der Waals surface area contributed by atoms with E-state index in [-0.39, 0.29) is 0 Å². The second kappa shape index (κ2) is 5.49. The van der Waals surface area contributed by atoms with Gasteiger partial charge in [0.15, 0.2) is 5.65 Å². The van der Waals surface area contributed by atoms with Crippen LogP contribution in [-0.2, 0) is 5.88 Å². The van der Waals surface area contributed by atoms with E-state index in [1.807, 2.05) is 25.3 Å². The van der Waals surface area contributed by atoms with Crippen molar-refractivity contribution in [1.82, 2.24) is 14.5 Å². The number of pyridine rings is 1. The molecule has 0 saturated heterocycles. The molecule has 0 bridgehead atoms. The monoisotopic (exact) mass is 299 g/mol. The average molecular weight is 300 g/mol. The first kappa shape index (κ1) is 14.1. The fraction of sp³-hybridized carbons (Fsp3) is 0.294. The third-order valence-electron chi connectivity index (χ3n) is 3.74. The second-order valence-electron chi connectivity index (χ2n) is 5.51. The molecule has 0 fully saturated rings. The van der Waals surface area contributed by atoms with Gasteiger partial charge in [0, 0.05) is 6.20 Å². The zero-order valence-electron chi connectivity index (χ0n) is 12.5. The van der Waals surface area contributed by atoms with Gasteiger partial charge in [-0.1, -0.05) is 32.0 Å². The Morgan fingerprint density at radius 3 is 2.67 bits per heavy atom. The minimum Gasteiger partial charge on any atom is -0.279 e. The number of hydrogen-bond acceptors (Lipinski definition) is 2. The van der Waals surface area contributed by atoms with E-state index in [1.54, 1.807) is 0 Å². The van der Waals surface area contributed by atoms with Gasteiger partial charge in [0.1, 0.15) is 11.3 Å². The van der Waals surface area contributed by atoms with Crippen LogP contribution >= 0.6 is 11.6 Å². The molecule has 0 unspecified atom stereocenters. The molecule has 108 valence electrons. The van der Waals surface area contributed by atoms with Gasteiger partial charge in [-0.25, -0.2) is 9.97 Å². The molecule has 2 aromatic heterocycles. The summed E-state index contributed by atoms with van der Waals surface area (Å²) in [5.41, 5.74) is 5.30. The number of imidazole rings is 1. The summed E-state index contributed by atoms with van der Waals surface area (Å²) in [4.78, 5) is 9.21. The minimum absolute atomic E-state index is 0.363. The van der Waals surface area contributed by atoms with Gasteiger partial charge in [-0.15, -0.1) is 11.6 Å². The lowest BCUT2D eigenvalue weighted by Crippen LogP contribution is -2.05. The summed E-state index contributed by atoms with van der Waals surface area (Å²) in [6, 6.07) is 10.3. The molecule has 0 radical (unpaired) electrons. The summed E-state index contributed by atoms with van der Waals surface area (Å²) >= 11 is 6.13. The second-order valence-corrected chi connectivity index (χ2v) is 5.78.